The summed E-state index contributed by atoms with van der Waals surface area (Å²) < 4.78 is 10.6. The molecule has 0 aliphatic rings. The molecule has 1 aromatic rings. The van der Waals surface area contributed by atoms with Crippen molar-refractivity contribution in [3.05, 3.63) is 23.3 Å². The van der Waals surface area contributed by atoms with Crippen molar-refractivity contribution in [2.75, 3.05) is 14.2 Å². The van der Waals surface area contributed by atoms with Crippen LogP contribution in [0.5, 0.6) is 11.5 Å². The molecule has 0 heterocycles. The third-order valence-electron chi connectivity index (χ3n) is 2.04. The van der Waals surface area contributed by atoms with Crippen molar-refractivity contribution < 1.29 is 9.47 Å². The van der Waals surface area contributed by atoms with Crippen LogP contribution in [0, 0.1) is 23.7 Å². The lowest BCUT2D eigenvalue weighted by atomic mass is 10.1. The first kappa shape index (κ1) is 12.0. The second-order valence-electron chi connectivity index (χ2n) is 2.98. The highest BCUT2D eigenvalue weighted by molar-refractivity contribution is 5.62. The van der Waals surface area contributed by atoms with E-state index in [-0.39, 0.29) is 0 Å². The molecule has 2 heteroatoms. The fraction of sp³-hybridized carbons (Fsp3) is 0.286. The second-order valence-corrected chi connectivity index (χ2v) is 2.98. The average Bonchev–Trinajstić information content (AvgIpc) is 2.31. The Labute approximate surface area is 96.6 Å². The van der Waals surface area contributed by atoms with Gasteiger partial charge in [0, 0.05) is 0 Å². The zero-order valence-corrected chi connectivity index (χ0v) is 9.97. The molecule has 0 spiro atoms. The van der Waals surface area contributed by atoms with E-state index in [1.807, 2.05) is 12.1 Å². The van der Waals surface area contributed by atoms with Crippen LogP contribution < -0.4 is 9.47 Å². The lowest BCUT2D eigenvalue weighted by Crippen LogP contribution is -1.96. The van der Waals surface area contributed by atoms with E-state index in [0.29, 0.717) is 11.5 Å². The summed E-state index contributed by atoms with van der Waals surface area (Å²) >= 11 is 0. The van der Waals surface area contributed by atoms with Crippen LogP contribution in [0.2, 0.25) is 0 Å². The summed E-state index contributed by atoms with van der Waals surface area (Å²) in [5.74, 6) is 12.9. The quantitative estimate of drug-likeness (QED) is 0.704. The first-order valence-electron chi connectivity index (χ1n) is 4.89. The predicted molar refractivity (Wildman–Crippen MR) is 64.7 cm³/mol. The second kappa shape index (κ2) is 5.73. The van der Waals surface area contributed by atoms with Crippen LogP contribution in [0.1, 0.15) is 25.0 Å². The highest BCUT2D eigenvalue weighted by Gasteiger charge is 2.12. The summed E-state index contributed by atoms with van der Waals surface area (Å²) in [5, 5.41) is 0. The summed E-state index contributed by atoms with van der Waals surface area (Å²) in [7, 11) is 3.20. The van der Waals surface area contributed by atoms with Crippen molar-refractivity contribution in [3.8, 4) is 35.2 Å². The van der Waals surface area contributed by atoms with Gasteiger partial charge in [0.2, 0.25) is 0 Å². The minimum absolute atomic E-state index is 0.636. The molecule has 0 aliphatic heterocycles. The van der Waals surface area contributed by atoms with Crippen LogP contribution >= 0.6 is 0 Å². The Bertz CT molecular complexity index is 446. The first-order valence-corrected chi connectivity index (χ1v) is 4.89. The molecule has 0 N–H and O–H groups in total. The maximum atomic E-state index is 5.31. The van der Waals surface area contributed by atoms with Crippen molar-refractivity contribution in [2.45, 2.75) is 13.8 Å². The molecule has 0 aromatic heterocycles. The van der Waals surface area contributed by atoms with E-state index in [9.17, 15) is 0 Å². The molecule has 0 saturated carbocycles. The van der Waals surface area contributed by atoms with Crippen LogP contribution in [0.3, 0.4) is 0 Å². The third kappa shape index (κ3) is 2.30. The van der Waals surface area contributed by atoms with Gasteiger partial charge in [-0.1, -0.05) is 11.8 Å². The fourth-order valence-electron chi connectivity index (χ4n) is 1.43. The minimum Gasteiger partial charge on any atom is -0.492 e. The zero-order valence-electron chi connectivity index (χ0n) is 9.97. The lowest BCUT2D eigenvalue weighted by Gasteiger charge is -2.11. The molecule has 1 rings (SSSR count). The smallest absolute Gasteiger partial charge is 0.177 e. The molecule has 0 fully saturated rings. The van der Waals surface area contributed by atoms with Gasteiger partial charge in [-0.05, 0) is 26.0 Å². The van der Waals surface area contributed by atoms with Crippen LogP contribution in [0.15, 0.2) is 12.1 Å². The Morgan fingerprint density at radius 1 is 0.812 bits per heavy atom. The molecule has 0 atom stereocenters. The molecule has 0 amide bonds. The topological polar surface area (TPSA) is 18.5 Å². The van der Waals surface area contributed by atoms with Gasteiger partial charge in [0.15, 0.2) is 11.5 Å². The fourth-order valence-corrected chi connectivity index (χ4v) is 1.43. The van der Waals surface area contributed by atoms with Gasteiger partial charge in [-0.15, -0.1) is 11.8 Å². The SMILES string of the molecule is CC#Cc1ccc(C#CC)c(OC)c1OC. The molecule has 82 valence electrons. The molecular formula is C14H14O2. The molecule has 1 aromatic carbocycles. The van der Waals surface area contributed by atoms with Crippen LogP contribution in [-0.2, 0) is 0 Å². The van der Waals surface area contributed by atoms with E-state index >= 15 is 0 Å². The summed E-state index contributed by atoms with van der Waals surface area (Å²) in [6.45, 7) is 3.57. The van der Waals surface area contributed by atoms with Crippen molar-refractivity contribution in [1.29, 1.82) is 0 Å². The number of rotatable bonds is 2. The Morgan fingerprint density at radius 2 is 1.19 bits per heavy atom. The zero-order chi connectivity index (χ0) is 12.0. The van der Waals surface area contributed by atoms with Gasteiger partial charge in [-0.2, -0.15) is 0 Å². The molecule has 0 unspecified atom stereocenters. The normalized spacial score (nSPS) is 8.25. The predicted octanol–water partition coefficient (Wildman–Crippen LogP) is 2.45. The maximum Gasteiger partial charge on any atom is 0.177 e. The highest BCUT2D eigenvalue weighted by Crippen LogP contribution is 2.33. The van der Waals surface area contributed by atoms with Crippen molar-refractivity contribution in [1.82, 2.24) is 0 Å². The van der Waals surface area contributed by atoms with Gasteiger partial charge in [0.25, 0.3) is 0 Å². The summed E-state index contributed by atoms with van der Waals surface area (Å²) in [6.07, 6.45) is 0. The van der Waals surface area contributed by atoms with Crippen LogP contribution in [0.4, 0.5) is 0 Å². The van der Waals surface area contributed by atoms with Crippen LogP contribution in [0.25, 0.3) is 0 Å². The van der Waals surface area contributed by atoms with Crippen molar-refractivity contribution in [3.63, 3.8) is 0 Å². The van der Waals surface area contributed by atoms with Crippen molar-refractivity contribution in [2.24, 2.45) is 0 Å². The maximum absolute atomic E-state index is 5.31. The standard InChI is InChI=1S/C14H14O2/c1-5-7-11-9-10-12(8-6-2)14(16-4)13(11)15-3/h9-10H,1-4H3. The monoisotopic (exact) mass is 214 g/mol. The minimum atomic E-state index is 0.636. The van der Waals surface area contributed by atoms with Gasteiger partial charge in [-0.3, -0.25) is 0 Å². The summed E-state index contributed by atoms with van der Waals surface area (Å²) in [5.41, 5.74) is 1.62. The number of hydrogen-bond donors (Lipinski definition) is 0. The number of hydrogen-bond acceptors (Lipinski definition) is 2. The molecule has 2 nitrogen and oxygen atoms in total. The van der Waals surface area contributed by atoms with E-state index in [4.69, 9.17) is 9.47 Å². The Balaban J connectivity index is 3.47. The van der Waals surface area contributed by atoms with Crippen molar-refractivity contribution >= 4 is 0 Å². The molecule has 0 bridgehead atoms. The largest absolute Gasteiger partial charge is 0.492 e. The van der Waals surface area contributed by atoms with Crippen LogP contribution in [-0.4, -0.2) is 14.2 Å². The Kier molecular flexibility index (Phi) is 4.30. The molecule has 16 heavy (non-hydrogen) atoms. The summed E-state index contributed by atoms with van der Waals surface area (Å²) in [4.78, 5) is 0. The van der Waals surface area contributed by atoms with Gasteiger partial charge in [0.1, 0.15) is 0 Å². The Hall–Kier alpha value is -2.06. The summed E-state index contributed by atoms with van der Waals surface area (Å²) in [6, 6.07) is 3.77. The first-order chi connectivity index (χ1) is 7.78. The van der Waals surface area contributed by atoms with Gasteiger partial charge >= 0.3 is 0 Å². The van der Waals surface area contributed by atoms with E-state index in [0.717, 1.165) is 11.1 Å². The number of benzene rings is 1. The van der Waals surface area contributed by atoms with E-state index in [2.05, 4.69) is 23.7 Å². The number of ether oxygens (including phenoxy) is 2. The molecule has 0 saturated heterocycles. The van der Waals surface area contributed by atoms with E-state index in [1.54, 1.807) is 28.1 Å². The Morgan fingerprint density at radius 3 is 1.44 bits per heavy atom. The third-order valence-corrected chi connectivity index (χ3v) is 2.04. The van der Waals surface area contributed by atoms with E-state index < -0.39 is 0 Å². The molecule has 0 radical (unpaired) electrons. The molecule has 0 aliphatic carbocycles. The highest BCUT2D eigenvalue weighted by atomic mass is 16.5. The average molecular weight is 214 g/mol. The van der Waals surface area contributed by atoms with E-state index in [1.165, 1.54) is 0 Å². The van der Waals surface area contributed by atoms with Gasteiger partial charge < -0.3 is 9.47 Å². The lowest BCUT2D eigenvalue weighted by molar-refractivity contribution is 0.353. The van der Waals surface area contributed by atoms with Gasteiger partial charge in [-0.25, -0.2) is 0 Å². The molecular weight excluding hydrogens is 200 g/mol. The van der Waals surface area contributed by atoms with Gasteiger partial charge in [0.05, 0.1) is 25.3 Å². The number of methoxy groups -OCH3 is 2.